The van der Waals surface area contributed by atoms with Crippen LogP contribution in [0.1, 0.15) is 38.8 Å². The van der Waals surface area contributed by atoms with Crippen LogP contribution in [0.5, 0.6) is 0 Å². The predicted octanol–water partition coefficient (Wildman–Crippen LogP) is 2.72. The minimum Gasteiger partial charge on any atom is -0.444 e. The predicted molar refractivity (Wildman–Crippen MR) is 117 cm³/mol. The molecule has 2 amide bonds. The number of aliphatic hydroxyl groups excluding tert-OH is 1. The smallest absolute Gasteiger partial charge is 0.407 e. The molecule has 0 spiro atoms. The first-order chi connectivity index (χ1) is 14.6. The first kappa shape index (κ1) is 24.3. The largest absolute Gasteiger partial charge is 0.444 e. The molecule has 0 radical (unpaired) electrons. The van der Waals surface area contributed by atoms with E-state index in [0.717, 1.165) is 22.3 Å². The Kier molecular flexibility index (Phi) is 8.56. The van der Waals surface area contributed by atoms with Crippen LogP contribution in [0.2, 0.25) is 0 Å². The molecule has 2 aromatic carbocycles. The highest BCUT2D eigenvalue weighted by atomic mass is 16.6. The van der Waals surface area contributed by atoms with Gasteiger partial charge in [-0.25, -0.2) is 10.3 Å². The molecule has 0 heterocycles. The molecular formula is C23H31N3O5. The van der Waals surface area contributed by atoms with Gasteiger partial charge in [0.25, 0.3) is 5.91 Å². The Balaban J connectivity index is 1.92. The van der Waals surface area contributed by atoms with E-state index in [1.807, 2.05) is 69.3 Å². The number of rotatable bonds is 8. The first-order valence-corrected chi connectivity index (χ1v) is 10.1. The maximum Gasteiger partial charge on any atom is 0.407 e. The van der Waals surface area contributed by atoms with Crippen LogP contribution in [0.15, 0.2) is 48.5 Å². The lowest BCUT2D eigenvalue weighted by Crippen LogP contribution is -2.49. The van der Waals surface area contributed by atoms with Crippen molar-refractivity contribution in [3.8, 4) is 11.1 Å². The van der Waals surface area contributed by atoms with Crippen LogP contribution in [-0.2, 0) is 22.6 Å². The van der Waals surface area contributed by atoms with E-state index < -0.39 is 29.7 Å². The number of hydrogen-bond acceptors (Lipinski definition) is 6. The second-order valence-corrected chi connectivity index (χ2v) is 8.32. The van der Waals surface area contributed by atoms with Crippen molar-refractivity contribution >= 4 is 12.0 Å². The number of carbonyl (C=O) groups is 2. The standard InChI is InChI=1S/C23H31N3O5/c1-15(27)20(21(28)26-30)24-13-16-5-9-18(10-6-16)19-11-7-17(8-12-19)14-25-22(29)31-23(2,3)4/h5-12,15,20,24,27,30H,13-14H2,1-4H3,(H,25,29)(H,26,28)/t15-,20+/m1/s1. The van der Waals surface area contributed by atoms with Crippen molar-refractivity contribution in [3.05, 3.63) is 59.7 Å². The number of hydrogen-bond donors (Lipinski definition) is 5. The Bertz CT molecular complexity index is 858. The molecule has 0 aromatic heterocycles. The number of nitrogens with one attached hydrogen (secondary N) is 3. The van der Waals surface area contributed by atoms with Crippen molar-refractivity contribution in [3.63, 3.8) is 0 Å². The number of benzene rings is 2. The van der Waals surface area contributed by atoms with E-state index in [9.17, 15) is 14.7 Å². The number of aliphatic hydroxyl groups is 1. The SMILES string of the molecule is C[C@@H](O)[C@H](NCc1ccc(-c2ccc(CNC(=O)OC(C)(C)C)cc2)cc1)C(=O)NO. The highest BCUT2D eigenvalue weighted by Gasteiger charge is 2.22. The van der Waals surface area contributed by atoms with Crippen LogP contribution in [0.3, 0.4) is 0 Å². The average molecular weight is 430 g/mol. The molecule has 5 N–H and O–H groups in total. The van der Waals surface area contributed by atoms with Crippen LogP contribution >= 0.6 is 0 Å². The van der Waals surface area contributed by atoms with E-state index in [4.69, 9.17) is 9.94 Å². The van der Waals surface area contributed by atoms with Crippen molar-refractivity contribution < 1.29 is 24.6 Å². The molecule has 2 aromatic rings. The summed E-state index contributed by atoms with van der Waals surface area (Å²) in [5.74, 6) is -0.687. The van der Waals surface area contributed by atoms with E-state index in [1.165, 1.54) is 6.92 Å². The van der Waals surface area contributed by atoms with Gasteiger partial charge in [0.1, 0.15) is 11.6 Å². The Morgan fingerprint density at radius 2 is 1.42 bits per heavy atom. The minimum atomic E-state index is -0.949. The molecule has 2 rings (SSSR count). The third-order valence-corrected chi connectivity index (χ3v) is 4.48. The number of alkyl carbamates (subject to hydrolysis) is 1. The second kappa shape index (κ2) is 10.9. The van der Waals surface area contributed by atoms with Gasteiger partial charge in [-0.15, -0.1) is 0 Å². The molecule has 0 saturated heterocycles. The molecule has 0 unspecified atom stereocenters. The van der Waals surface area contributed by atoms with Gasteiger partial charge in [0, 0.05) is 13.1 Å². The van der Waals surface area contributed by atoms with Gasteiger partial charge in [0.15, 0.2) is 0 Å². The summed E-state index contributed by atoms with van der Waals surface area (Å²) < 4.78 is 5.23. The molecule has 168 valence electrons. The van der Waals surface area contributed by atoms with Crippen LogP contribution in [0.4, 0.5) is 4.79 Å². The Morgan fingerprint density at radius 3 is 1.84 bits per heavy atom. The number of carbonyl (C=O) groups excluding carboxylic acids is 2. The molecule has 0 saturated carbocycles. The lowest BCUT2D eigenvalue weighted by Gasteiger charge is -2.19. The topological polar surface area (TPSA) is 120 Å². The highest BCUT2D eigenvalue weighted by molar-refractivity contribution is 5.81. The van der Waals surface area contributed by atoms with Crippen LogP contribution < -0.4 is 16.1 Å². The van der Waals surface area contributed by atoms with Crippen LogP contribution in [0.25, 0.3) is 11.1 Å². The zero-order valence-corrected chi connectivity index (χ0v) is 18.3. The summed E-state index contributed by atoms with van der Waals surface area (Å²) in [6.45, 7) is 7.67. The molecule has 8 heteroatoms. The number of ether oxygens (including phenoxy) is 1. The maximum absolute atomic E-state index is 11.8. The average Bonchev–Trinajstić information content (AvgIpc) is 2.71. The summed E-state index contributed by atoms with van der Waals surface area (Å²) in [5, 5.41) is 24.1. The molecule has 0 fully saturated rings. The molecule has 0 aliphatic carbocycles. The molecule has 0 aliphatic rings. The third-order valence-electron chi connectivity index (χ3n) is 4.48. The van der Waals surface area contributed by atoms with Crippen molar-refractivity contribution in [2.45, 2.75) is 58.5 Å². The van der Waals surface area contributed by atoms with Gasteiger partial charge in [-0.3, -0.25) is 15.3 Å². The van der Waals surface area contributed by atoms with Gasteiger partial charge in [-0.1, -0.05) is 48.5 Å². The quantitative estimate of drug-likeness (QED) is 0.325. The van der Waals surface area contributed by atoms with Gasteiger partial charge < -0.3 is 15.2 Å². The zero-order valence-electron chi connectivity index (χ0n) is 18.3. The fraction of sp³-hybridized carbons (Fsp3) is 0.391. The van der Waals surface area contributed by atoms with Gasteiger partial charge in [-0.2, -0.15) is 0 Å². The lowest BCUT2D eigenvalue weighted by molar-refractivity contribution is -0.134. The molecule has 0 aliphatic heterocycles. The van der Waals surface area contributed by atoms with Gasteiger partial charge in [0.2, 0.25) is 0 Å². The third kappa shape index (κ3) is 8.01. The number of hydroxylamine groups is 1. The van der Waals surface area contributed by atoms with Crippen molar-refractivity contribution in [2.75, 3.05) is 0 Å². The van der Waals surface area contributed by atoms with Crippen molar-refractivity contribution in [1.82, 2.24) is 16.1 Å². The summed E-state index contributed by atoms with van der Waals surface area (Å²) in [7, 11) is 0. The van der Waals surface area contributed by atoms with Crippen molar-refractivity contribution in [1.29, 1.82) is 0 Å². The Labute approximate surface area is 182 Å². The fourth-order valence-electron chi connectivity index (χ4n) is 2.90. The van der Waals surface area contributed by atoms with Crippen LogP contribution in [0, 0.1) is 0 Å². The minimum absolute atomic E-state index is 0.360. The summed E-state index contributed by atoms with van der Waals surface area (Å²) in [5.41, 5.74) is 4.96. The van der Waals surface area contributed by atoms with Crippen LogP contribution in [-0.4, -0.2) is 40.1 Å². The van der Waals surface area contributed by atoms with E-state index >= 15 is 0 Å². The van der Waals surface area contributed by atoms with Crippen molar-refractivity contribution in [2.24, 2.45) is 0 Å². The Morgan fingerprint density at radius 1 is 0.935 bits per heavy atom. The van der Waals surface area contributed by atoms with E-state index in [0.29, 0.717) is 13.1 Å². The van der Waals surface area contributed by atoms with Gasteiger partial charge in [-0.05, 0) is 49.9 Å². The second-order valence-electron chi connectivity index (χ2n) is 8.32. The van der Waals surface area contributed by atoms with Gasteiger partial charge >= 0.3 is 6.09 Å². The van der Waals surface area contributed by atoms with E-state index in [2.05, 4.69) is 10.6 Å². The van der Waals surface area contributed by atoms with E-state index in [-0.39, 0.29) is 0 Å². The summed E-state index contributed by atoms with van der Waals surface area (Å²) in [6, 6.07) is 14.7. The molecular weight excluding hydrogens is 398 g/mol. The zero-order chi connectivity index (χ0) is 23.0. The molecule has 31 heavy (non-hydrogen) atoms. The first-order valence-electron chi connectivity index (χ1n) is 10.1. The summed E-state index contributed by atoms with van der Waals surface area (Å²) in [6.07, 6.45) is -1.40. The van der Waals surface area contributed by atoms with Gasteiger partial charge in [0.05, 0.1) is 6.10 Å². The fourth-order valence-corrected chi connectivity index (χ4v) is 2.90. The normalized spacial score (nSPS) is 13.2. The highest BCUT2D eigenvalue weighted by Crippen LogP contribution is 2.20. The monoisotopic (exact) mass is 429 g/mol. The van der Waals surface area contributed by atoms with E-state index in [1.54, 1.807) is 5.48 Å². The molecule has 2 atom stereocenters. The lowest BCUT2D eigenvalue weighted by atomic mass is 10.0. The summed E-state index contributed by atoms with van der Waals surface area (Å²) >= 11 is 0. The maximum atomic E-state index is 11.8. The summed E-state index contributed by atoms with van der Waals surface area (Å²) in [4.78, 5) is 23.3. The molecule has 0 bridgehead atoms. The number of amides is 2. The molecule has 8 nitrogen and oxygen atoms in total. The Hall–Kier alpha value is -2.94.